The Kier molecular flexibility index (Phi) is 6.20. The average molecular weight is 572 g/mol. The monoisotopic (exact) mass is 571 g/mol. The van der Waals surface area contributed by atoms with Crippen LogP contribution in [0.4, 0.5) is 5.69 Å². The predicted octanol–water partition coefficient (Wildman–Crippen LogP) is 6.03. The van der Waals surface area contributed by atoms with Gasteiger partial charge in [0.1, 0.15) is 28.7 Å². The van der Waals surface area contributed by atoms with Crippen molar-refractivity contribution >= 4 is 29.1 Å². The number of nitrogens with zero attached hydrogens (tertiary/aromatic N) is 1. The van der Waals surface area contributed by atoms with Crippen LogP contribution >= 0.6 is 0 Å². The number of fused-ring (bicyclic) bond motifs is 5. The van der Waals surface area contributed by atoms with E-state index in [1.807, 2.05) is 47.4 Å². The molecule has 43 heavy (non-hydrogen) atoms. The summed E-state index contributed by atoms with van der Waals surface area (Å²) in [6, 6.07) is 25.3. The van der Waals surface area contributed by atoms with Crippen LogP contribution in [0.25, 0.3) is 6.08 Å². The van der Waals surface area contributed by atoms with E-state index in [1.165, 1.54) is 7.11 Å². The lowest BCUT2D eigenvalue weighted by molar-refractivity contribution is 0.0664. The molecule has 7 rings (SSSR count). The highest BCUT2D eigenvalue weighted by molar-refractivity contribution is 6.32. The fourth-order valence-electron chi connectivity index (χ4n) is 7.28. The van der Waals surface area contributed by atoms with E-state index in [0.717, 1.165) is 11.3 Å². The molecule has 2 aliphatic heterocycles. The summed E-state index contributed by atoms with van der Waals surface area (Å²) in [4.78, 5) is 46.5. The number of benzene rings is 4. The van der Waals surface area contributed by atoms with Crippen LogP contribution in [-0.2, 0) is 0 Å². The van der Waals surface area contributed by atoms with Crippen LogP contribution in [0.5, 0.6) is 17.2 Å². The lowest BCUT2D eigenvalue weighted by Crippen LogP contribution is -2.48. The van der Waals surface area contributed by atoms with Crippen molar-refractivity contribution < 1.29 is 28.6 Å². The summed E-state index contributed by atoms with van der Waals surface area (Å²) < 4.78 is 16.8. The molecule has 0 unspecified atom stereocenters. The molecule has 0 radical (unpaired) electrons. The molecular weight excluding hydrogens is 542 g/mol. The number of methoxy groups -OCH3 is 3. The van der Waals surface area contributed by atoms with E-state index in [4.69, 9.17) is 14.2 Å². The predicted molar refractivity (Wildman–Crippen MR) is 163 cm³/mol. The van der Waals surface area contributed by atoms with Crippen molar-refractivity contribution in [2.24, 2.45) is 5.41 Å². The SMILES string of the molecule is COc1cccc(C(=O)[C@@H]2[C@H](c3ccc(OC)cc3OC)C3(C(=O)c4ccccc4C3=O)[C@@H]3C=Cc4ccccc4N23)c1. The van der Waals surface area contributed by atoms with E-state index in [1.54, 1.807) is 74.9 Å². The Hall–Kier alpha value is -5.17. The van der Waals surface area contributed by atoms with Gasteiger partial charge in [-0.25, -0.2) is 0 Å². The van der Waals surface area contributed by atoms with Crippen LogP contribution in [0, 0.1) is 5.41 Å². The van der Waals surface area contributed by atoms with Gasteiger partial charge in [0.05, 0.1) is 27.4 Å². The van der Waals surface area contributed by atoms with Gasteiger partial charge in [0, 0.05) is 39.9 Å². The fourth-order valence-corrected chi connectivity index (χ4v) is 7.28. The Morgan fingerprint density at radius 3 is 2.12 bits per heavy atom. The molecule has 0 bridgehead atoms. The van der Waals surface area contributed by atoms with Gasteiger partial charge in [-0.2, -0.15) is 0 Å². The third kappa shape index (κ3) is 3.64. The van der Waals surface area contributed by atoms with Crippen molar-refractivity contribution in [1.29, 1.82) is 0 Å². The third-order valence-electron chi connectivity index (χ3n) is 9.11. The summed E-state index contributed by atoms with van der Waals surface area (Å²) in [6.07, 6.45) is 3.86. The lowest BCUT2D eigenvalue weighted by Gasteiger charge is -2.37. The van der Waals surface area contributed by atoms with Crippen molar-refractivity contribution in [3.05, 3.63) is 125 Å². The van der Waals surface area contributed by atoms with Gasteiger partial charge in [0.25, 0.3) is 0 Å². The molecular formula is C36H29NO6. The molecule has 214 valence electrons. The molecule has 1 spiro atoms. The van der Waals surface area contributed by atoms with Crippen LogP contribution in [0.2, 0.25) is 0 Å². The van der Waals surface area contributed by atoms with E-state index in [2.05, 4.69) is 0 Å². The summed E-state index contributed by atoms with van der Waals surface area (Å²) in [6.45, 7) is 0. The molecule has 0 aromatic heterocycles. The van der Waals surface area contributed by atoms with E-state index >= 15 is 0 Å². The van der Waals surface area contributed by atoms with Crippen LogP contribution in [-0.4, -0.2) is 50.8 Å². The summed E-state index contributed by atoms with van der Waals surface area (Å²) in [5.74, 6) is -0.204. The molecule has 0 N–H and O–H groups in total. The van der Waals surface area contributed by atoms with Gasteiger partial charge in [0.2, 0.25) is 0 Å². The number of ketones is 3. The largest absolute Gasteiger partial charge is 0.497 e. The third-order valence-corrected chi connectivity index (χ3v) is 9.11. The van der Waals surface area contributed by atoms with Crippen LogP contribution < -0.4 is 19.1 Å². The molecule has 3 aliphatic rings. The summed E-state index contributed by atoms with van der Waals surface area (Å²) in [5.41, 5.74) is 1.78. The first kappa shape index (κ1) is 26.7. The Morgan fingerprint density at radius 2 is 1.42 bits per heavy atom. The van der Waals surface area contributed by atoms with Crippen molar-refractivity contribution in [1.82, 2.24) is 0 Å². The highest BCUT2D eigenvalue weighted by Gasteiger charge is 2.72. The Morgan fingerprint density at radius 1 is 0.744 bits per heavy atom. The minimum Gasteiger partial charge on any atom is -0.497 e. The van der Waals surface area contributed by atoms with Gasteiger partial charge in [-0.3, -0.25) is 14.4 Å². The number of carbonyl (C=O) groups is 3. The molecule has 1 aliphatic carbocycles. The highest BCUT2D eigenvalue weighted by Crippen LogP contribution is 2.62. The second kappa shape index (κ2) is 9.98. The van der Waals surface area contributed by atoms with E-state index in [9.17, 15) is 14.4 Å². The second-order valence-corrected chi connectivity index (χ2v) is 11.0. The molecule has 4 aromatic rings. The van der Waals surface area contributed by atoms with Crippen LogP contribution in [0.15, 0.2) is 97.1 Å². The van der Waals surface area contributed by atoms with E-state index in [0.29, 0.717) is 39.5 Å². The molecule has 7 heteroatoms. The van der Waals surface area contributed by atoms with Gasteiger partial charge in [-0.05, 0) is 29.8 Å². The zero-order valence-corrected chi connectivity index (χ0v) is 23.9. The number of Topliss-reactive ketones (excluding diaryl/α,β-unsaturated/α-hetero) is 3. The normalized spacial score (nSPS) is 20.9. The van der Waals surface area contributed by atoms with Crippen molar-refractivity contribution in [2.75, 3.05) is 26.2 Å². The molecule has 7 nitrogen and oxygen atoms in total. The van der Waals surface area contributed by atoms with Gasteiger partial charge in [0.15, 0.2) is 17.3 Å². The van der Waals surface area contributed by atoms with E-state index in [-0.39, 0.29) is 17.3 Å². The first-order valence-corrected chi connectivity index (χ1v) is 14.1. The minimum atomic E-state index is -1.63. The van der Waals surface area contributed by atoms with Crippen molar-refractivity contribution in [2.45, 2.75) is 18.0 Å². The summed E-state index contributed by atoms with van der Waals surface area (Å²) in [5, 5.41) is 0. The number of ether oxygens (including phenoxy) is 3. The molecule has 2 heterocycles. The number of carbonyl (C=O) groups excluding carboxylic acids is 3. The maximum absolute atomic E-state index is 14.9. The Labute approximate surface area is 249 Å². The number of rotatable bonds is 6. The molecule has 0 saturated carbocycles. The van der Waals surface area contributed by atoms with E-state index < -0.39 is 23.4 Å². The van der Waals surface area contributed by atoms with Gasteiger partial charge in [-0.15, -0.1) is 0 Å². The first-order chi connectivity index (χ1) is 20.9. The zero-order chi connectivity index (χ0) is 29.9. The van der Waals surface area contributed by atoms with Gasteiger partial charge < -0.3 is 19.1 Å². The molecule has 1 saturated heterocycles. The Bertz CT molecular complexity index is 1810. The van der Waals surface area contributed by atoms with Crippen molar-refractivity contribution in [3.8, 4) is 17.2 Å². The topological polar surface area (TPSA) is 82.1 Å². The minimum absolute atomic E-state index is 0.231. The summed E-state index contributed by atoms with van der Waals surface area (Å²) >= 11 is 0. The quantitative estimate of drug-likeness (QED) is 0.207. The van der Waals surface area contributed by atoms with Gasteiger partial charge in [-0.1, -0.05) is 72.8 Å². The number of hydrogen-bond acceptors (Lipinski definition) is 7. The standard InChI is InChI=1S/C36H29NO6/c1-41-23-11-8-10-22(19-23)33(38)32-31(27-17-16-24(42-2)20-29(27)43-3)36(34(39)25-12-5-6-13-26(25)35(36)40)30-18-15-21-9-4-7-14-28(21)37(30)32/h4-20,30-32H,1-3H3/t30-,31-,32-/m0/s1. The smallest absolute Gasteiger partial charge is 0.186 e. The molecule has 1 fully saturated rings. The Balaban J connectivity index is 1.56. The maximum Gasteiger partial charge on any atom is 0.186 e. The lowest BCUT2D eigenvalue weighted by atomic mass is 9.64. The average Bonchev–Trinajstić information content (AvgIpc) is 3.49. The molecule has 3 atom stereocenters. The highest BCUT2D eigenvalue weighted by atomic mass is 16.5. The van der Waals surface area contributed by atoms with Crippen molar-refractivity contribution in [3.63, 3.8) is 0 Å². The zero-order valence-electron chi connectivity index (χ0n) is 23.9. The van der Waals surface area contributed by atoms with Crippen LogP contribution in [0.1, 0.15) is 48.1 Å². The second-order valence-electron chi connectivity index (χ2n) is 11.0. The first-order valence-electron chi connectivity index (χ1n) is 14.1. The maximum atomic E-state index is 14.9. The number of hydrogen-bond donors (Lipinski definition) is 0. The molecule has 0 amide bonds. The fraction of sp³-hybridized carbons (Fsp3) is 0.194. The number of para-hydroxylation sites is 1. The summed E-state index contributed by atoms with van der Waals surface area (Å²) in [7, 11) is 4.64. The molecule has 4 aromatic carbocycles. The van der Waals surface area contributed by atoms with Gasteiger partial charge >= 0.3 is 0 Å². The van der Waals surface area contributed by atoms with Crippen LogP contribution in [0.3, 0.4) is 0 Å². The number of anilines is 1.